The van der Waals surface area contributed by atoms with E-state index in [1.54, 1.807) is 0 Å². The lowest BCUT2D eigenvalue weighted by Crippen LogP contribution is -2.37. The molecule has 6 nitrogen and oxygen atoms in total. The largest absolute Gasteiger partial charge is 0.368 e. The van der Waals surface area contributed by atoms with Crippen molar-refractivity contribution in [2.75, 3.05) is 12.3 Å². The first-order valence-corrected chi connectivity index (χ1v) is 7.20. The standard InChI is InChI=1S/C11H20N4O2S/c1-8(2)11(3,4)7-15-18(16,17)9-5-13-10(12)14-6-9/h5-6,8,15H,7H2,1-4H3,(H2,12,13,14). The third-order valence-electron chi connectivity index (χ3n) is 3.24. The van der Waals surface area contributed by atoms with Crippen LogP contribution in [-0.4, -0.2) is 24.9 Å². The van der Waals surface area contributed by atoms with Gasteiger partial charge in [-0.3, -0.25) is 0 Å². The molecule has 1 aromatic rings. The second kappa shape index (κ2) is 5.19. The Hall–Kier alpha value is -1.21. The van der Waals surface area contributed by atoms with Crippen LogP contribution in [0.15, 0.2) is 17.3 Å². The molecule has 0 fully saturated rings. The van der Waals surface area contributed by atoms with Crippen molar-refractivity contribution in [3.8, 4) is 0 Å². The SMILES string of the molecule is CC(C)C(C)(C)CNS(=O)(=O)c1cnc(N)nc1. The summed E-state index contributed by atoms with van der Waals surface area (Å²) in [6.07, 6.45) is 2.40. The van der Waals surface area contributed by atoms with Gasteiger partial charge >= 0.3 is 0 Å². The van der Waals surface area contributed by atoms with Gasteiger partial charge in [0, 0.05) is 6.54 Å². The van der Waals surface area contributed by atoms with Crippen LogP contribution in [-0.2, 0) is 10.0 Å². The van der Waals surface area contributed by atoms with Crippen molar-refractivity contribution in [3.05, 3.63) is 12.4 Å². The lowest BCUT2D eigenvalue weighted by Gasteiger charge is -2.29. The van der Waals surface area contributed by atoms with Gasteiger partial charge in [-0.05, 0) is 11.3 Å². The molecule has 18 heavy (non-hydrogen) atoms. The minimum Gasteiger partial charge on any atom is -0.368 e. The molecule has 1 rings (SSSR count). The fraction of sp³-hybridized carbons (Fsp3) is 0.636. The van der Waals surface area contributed by atoms with Gasteiger partial charge in [0.05, 0.1) is 12.4 Å². The molecular formula is C11H20N4O2S. The van der Waals surface area contributed by atoms with Crippen molar-refractivity contribution in [3.63, 3.8) is 0 Å². The molecule has 0 atom stereocenters. The highest BCUT2D eigenvalue weighted by atomic mass is 32.2. The third-order valence-corrected chi connectivity index (χ3v) is 4.59. The molecule has 0 spiro atoms. The molecule has 0 aliphatic rings. The molecule has 0 unspecified atom stereocenters. The number of aromatic nitrogens is 2. The predicted octanol–water partition coefficient (Wildman–Crippen LogP) is 1.02. The van der Waals surface area contributed by atoms with Crippen molar-refractivity contribution in [2.24, 2.45) is 11.3 Å². The normalized spacial score (nSPS) is 12.9. The van der Waals surface area contributed by atoms with E-state index in [2.05, 4.69) is 28.5 Å². The zero-order chi connectivity index (χ0) is 14.0. The molecule has 0 bridgehead atoms. The van der Waals surface area contributed by atoms with Crippen LogP contribution in [0.3, 0.4) is 0 Å². The Morgan fingerprint density at radius 3 is 2.28 bits per heavy atom. The summed E-state index contributed by atoms with van der Waals surface area (Å²) in [5, 5.41) is 0. The average molecular weight is 272 g/mol. The zero-order valence-corrected chi connectivity index (χ0v) is 12.0. The van der Waals surface area contributed by atoms with Crippen LogP contribution in [0.5, 0.6) is 0 Å². The lowest BCUT2D eigenvalue weighted by atomic mass is 9.81. The van der Waals surface area contributed by atoms with E-state index in [1.807, 2.05) is 13.8 Å². The van der Waals surface area contributed by atoms with Crippen LogP contribution in [0.1, 0.15) is 27.7 Å². The van der Waals surface area contributed by atoms with Gasteiger partial charge in [0.1, 0.15) is 4.90 Å². The third kappa shape index (κ3) is 3.64. The van der Waals surface area contributed by atoms with E-state index in [-0.39, 0.29) is 16.3 Å². The highest BCUT2D eigenvalue weighted by Crippen LogP contribution is 2.25. The summed E-state index contributed by atoms with van der Waals surface area (Å²) in [7, 11) is -3.57. The van der Waals surface area contributed by atoms with E-state index < -0.39 is 10.0 Å². The molecule has 0 saturated heterocycles. The van der Waals surface area contributed by atoms with E-state index in [0.717, 1.165) is 0 Å². The van der Waals surface area contributed by atoms with Crippen molar-refractivity contribution >= 4 is 16.0 Å². The topological polar surface area (TPSA) is 98.0 Å². The summed E-state index contributed by atoms with van der Waals surface area (Å²) in [4.78, 5) is 7.37. The van der Waals surface area contributed by atoms with E-state index in [9.17, 15) is 8.42 Å². The second-order valence-electron chi connectivity index (χ2n) is 5.24. The minimum absolute atomic E-state index is 0.0243. The number of sulfonamides is 1. The van der Waals surface area contributed by atoms with Gasteiger partial charge in [0.15, 0.2) is 0 Å². The molecule has 0 aromatic carbocycles. The highest BCUT2D eigenvalue weighted by Gasteiger charge is 2.25. The number of hydrogen-bond donors (Lipinski definition) is 2. The molecule has 3 N–H and O–H groups in total. The quantitative estimate of drug-likeness (QED) is 0.834. The van der Waals surface area contributed by atoms with Gasteiger partial charge in [0.25, 0.3) is 0 Å². The Morgan fingerprint density at radius 2 is 1.83 bits per heavy atom. The number of nitrogens with one attached hydrogen (secondary N) is 1. The lowest BCUT2D eigenvalue weighted by molar-refractivity contribution is 0.252. The summed E-state index contributed by atoms with van der Waals surface area (Å²) in [5.74, 6) is 0.416. The van der Waals surface area contributed by atoms with Crippen LogP contribution >= 0.6 is 0 Å². The van der Waals surface area contributed by atoms with Gasteiger partial charge in [0.2, 0.25) is 16.0 Å². The van der Waals surface area contributed by atoms with Gasteiger partial charge in [-0.2, -0.15) is 0 Å². The Kier molecular flexibility index (Phi) is 4.28. The summed E-state index contributed by atoms with van der Waals surface area (Å²) >= 11 is 0. The van der Waals surface area contributed by atoms with E-state index in [0.29, 0.717) is 12.5 Å². The predicted molar refractivity (Wildman–Crippen MR) is 70.3 cm³/mol. The summed E-state index contributed by atoms with van der Waals surface area (Å²) in [6.45, 7) is 8.50. The molecule has 1 heterocycles. The van der Waals surface area contributed by atoms with Gasteiger partial charge in [-0.25, -0.2) is 23.1 Å². The fourth-order valence-electron chi connectivity index (χ4n) is 1.03. The highest BCUT2D eigenvalue weighted by molar-refractivity contribution is 7.89. The minimum atomic E-state index is -3.57. The smallest absolute Gasteiger partial charge is 0.243 e. The number of nitrogens with two attached hydrogens (primary N) is 1. The number of hydrogen-bond acceptors (Lipinski definition) is 5. The van der Waals surface area contributed by atoms with Gasteiger partial charge in [-0.1, -0.05) is 27.7 Å². The van der Waals surface area contributed by atoms with Crippen LogP contribution in [0.4, 0.5) is 5.95 Å². The molecule has 0 aliphatic carbocycles. The summed E-state index contributed by atoms with van der Waals surface area (Å²) < 4.78 is 26.5. The first-order valence-electron chi connectivity index (χ1n) is 5.72. The van der Waals surface area contributed by atoms with Crippen LogP contribution in [0.25, 0.3) is 0 Å². The van der Waals surface area contributed by atoms with Crippen LogP contribution in [0.2, 0.25) is 0 Å². The Bertz CT molecular complexity index is 494. The molecule has 1 aromatic heterocycles. The van der Waals surface area contributed by atoms with E-state index in [1.165, 1.54) is 12.4 Å². The van der Waals surface area contributed by atoms with E-state index in [4.69, 9.17) is 5.73 Å². The molecule has 7 heteroatoms. The van der Waals surface area contributed by atoms with Gasteiger partial charge < -0.3 is 5.73 Å². The monoisotopic (exact) mass is 272 g/mol. The maximum atomic E-state index is 12.0. The number of anilines is 1. The average Bonchev–Trinajstić information content (AvgIpc) is 2.27. The fourth-order valence-corrected chi connectivity index (χ4v) is 2.15. The molecule has 0 amide bonds. The van der Waals surface area contributed by atoms with Gasteiger partial charge in [-0.15, -0.1) is 0 Å². The summed E-state index contributed by atoms with van der Waals surface area (Å²) in [6, 6.07) is 0. The second-order valence-corrected chi connectivity index (χ2v) is 7.01. The molecule has 0 radical (unpaired) electrons. The van der Waals surface area contributed by atoms with Crippen molar-refractivity contribution in [1.29, 1.82) is 0 Å². The summed E-state index contributed by atoms with van der Waals surface area (Å²) in [5.41, 5.74) is 5.19. The number of rotatable bonds is 5. The first kappa shape index (κ1) is 14.8. The molecule has 0 aliphatic heterocycles. The molecule has 0 saturated carbocycles. The Labute approximate surface area is 108 Å². The Balaban J connectivity index is 2.81. The molecular weight excluding hydrogens is 252 g/mol. The Morgan fingerprint density at radius 1 is 1.33 bits per heavy atom. The first-order chi connectivity index (χ1) is 8.15. The van der Waals surface area contributed by atoms with Crippen molar-refractivity contribution < 1.29 is 8.42 Å². The maximum absolute atomic E-state index is 12.0. The number of nitrogens with zero attached hydrogens (tertiary/aromatic N) is 2. The van der Waals surface area contributed by atoms with Crippen LogP contribution < -0.4 is 10.5 Å². The van der Waals surface area contributed by atoms with E-state index >= 15 is 0 Å². The van der Waals surface area contributed by atoms with Crippen molar-refractivity contribution in [1.82, 2.24) is 14.7 Å². The maximum Gasteiger partial charge on any atom is 0.243 e. The van der Waals surface area contributed by atoms with Crippen LogP contribution in [0, 0.1) is 11.3 Å². The number of nitrogen functional groups attached to an aromatic ring is 1. The van der Waals surface area contributed by atoms with Crippen molar-refractivity contribution in [2.45, 2.75) is 32.6 Å². The molecule has 102 valence electrons. The zero-order valence-electron chi connectivity index (χ0n) is 11.1.